The third kappa shape index (κ3) is 3.06. The molecule has 3 aromatic heterocycles. The van der Waals surface area contributed by atoms with E-state index < -0.39 is 0 Å². The van der Waals surface area contributed by atoms with Crippen molar-refractivity contribution in [3.63, 3.8) is 0 Å². The molecule has 4 N–H and O–H groups in total. The second kappa shape index (κ2) is 6.64. The molecule has 0 saturated carbocycles. The smallest absolute Gasteiger partial charge is 0.281 e. The average molecular weight is 372 g/mol. The topological polar surface area (TPSA) is 124 Å². The van der Waals surface area contributed by atoms with Crippen LogP contribution in [0.5, 0.6) is 5.88 Å². The van der Waals surface area contributed by atoms with E-state index in [0.717, 1.165) is 15.0 Å². The summed E-state index contributed by atoms with van der Waals surface area (Å²) in [5.41, 5.74) is 6.48. The molecule has 0 fully saturated rings. The molecule has 1 aliphatic rings. The molecule has 0 aliphatic carbocycles. The Morgan fingerprint density at radius 2 is 2.35 bits per heavy atom. The zero-order valence-electron chi connectivity index (χ0n) is 13.7. The molecule has 0 aromatic carbocycles. The summed E-state index contributed by atoms with van der Waals surface area (Å²) >= 11 is 1.51. The Morgan fingerprint density at radius 3 is 3.19 bits per heavy atom. The molecule has 26 heavy (non-hydrogen) atoms. The van der Waals surface area contributed by atoms with Crippen LogP contribution in [-0.4, -0.2) is 33.6 Å². The summed E-state index contributed by atoms with van der Waals surface area (Å²) in [4.78, 5) is 33.6. The summed E-state index contributed by atoms with van der Waals surface area (Å²) in [5.74, 6) is -0.0106. The standard InChI is InChI=1S/C16H16N6O3S/c17-11-6-18-4-9-3-10(26-14(9)11)5-20-12(23)7-22-8-21-15-13(16(22)24)19-1-2-25-15/h3-4,6,8,19H,1-2,5,7,17H2,(H,20,23). The first-order chi connectivity index (χ1) is 12.6. The molecule has 0 bridgehead atoms. The third-order valence-electron chi connectivity index (χ3n) is 3.92. The number of aromatic nitrogens is 3. The van der Waals surface area contributed by atoms with Gasteiger partial charge in [0.05, 0.1) is 23.1 Å². The largest absolute Gasteiger partial charge is 0.474 e. The van der Waals surface area contributed by atoms with Crippen LogP contribution in [0.1, 0.15) is 4.88 Å². The summed E-state index contributed by atoms with van der Waals surface area (Å²) in [6, 6.07) is 1.94. The van der Waals surface area contributed by atoms with Crippen LogP contribution in [0.2, 0.25) is 0 Å². The van der Waals surface area contributed by atoms with Crippen LogP contribution >= 0.6 is 11.3 Å². The lowest BCUT2D eigenvalue weighted by Crippen LogP contribution is -2.35. The van der Waals surface area contributed by atoms with E-state index in [1.807, 2.05) is 6.07 Å². The highest BCUT2D eigenvalue weighted by atomic mass is 32.1. The van der Waals surface area contributed by atoms with Crippen molar-refractivity contribution in [2.45, 2.75) is 13.1 Å². The van der Waals surface area contributed by atoms with Crippen molar-refractivity contribution in [1.29, 1.82) is 0 Å². The quantitative estimate of drug-likeness (QED) is 0.611. The summed E-state index contributed by atoms with van der Waals surface area (Å²) in [5, 5.41) is 6.71. The van der Waals surface area contributed by atoms with Crippen molar-refractivity contribution >= 4 is 38.7 Å². The number of nitrogens with zero attached hydrogens (tertiary/aromatic N) is 3. The highest BCUT2D eigenvalue weighted by molar-refractivity contribution is 7.19. The fraction of sp³-hybridized carbons (Fsp3) is 0.250. The predicted molar refractivity (Wildman–Crippen MR) is 98.4 cm³/mol. The zero-order valence-corrected chi connectivity index (χ0v) is 14.5. The monoisotopic (exact) mass is 372 g/mol. The second-order valence-electron chi connectivity index (χ2n) is 5.77. The van der Waals surface area contributed by atoms with Crippen LogP contribution < -0.4 is 26.7 Å². The predicted octanol–water partition coefficient (Wildman–Crippen LogP) is 0.556. The number of thiophene rings is 1. The van der Waals surface area contributed by atoms with Crippen LogP contribution in [-0.2, 0) is 17.9 Å². The van der Waals surface area contributed by atoms with Crippen LogP contribution in [0.3, 0.4) is 0 Å². The number of amides is 1. The summed E-state index contributed by atoms with van der Waals surface area (Å²) in [7, 11) is 0. The van der Waals surface area contributed by atoms with Crippen molar-refractivity contribution in [1.82, 2.24) is 19.9 Å². The van der Waals surface area contributed by atoms with Crippen molar-refractivity contribution in [2.24, 2.45) is 0 Å². The number of fused-ring (bicyclic) bond motifs is 2. The molecule has 0 saturated heterocycles. The van der Waals surface area contributed by atoms with Gasteiger partial charge in [0, 0.05) is 23.0 Å². The van der Waals surface area contributed by atoms with Crippen molar-refractivity contribution < 1.29 is 9.53 Å². The lowest BCUT2D eigenvalue weighted by molar-refractivity contribution is -0.121. The molecule has 0 unspecified atom stereocenters. The number of pyridine rings is 1. The van der Waals surface area contributed by atoms with Crippen molar-refractivity contribution in [3.8, 4) is 5.88 Å². The number of nitrogen functional groups attached to an aromatic ring is 1. The highest BCUT2D eigenvalue weighted by Crippen LogP contribution is 2.29. The van der Waals surface area contributed by atoms with Gasteiger partial charge in [-0.15, -0.1) is 11.3 Å². The zero-order chi connectivity index (χ0) is 18.1. The lowest BCUT2D eigenvalue weighted by Gasteiger charge is -2.18. The molecule has 1 amide bonds. The molecule has 1 aliphatic heterocycles. The van der Waals surface area contributed by atoms with Gasteiger partial charge in [-0.25, -0.2) is 4.98 Å². The van der Waals surface area contributed by atoms with Gasteiger partial charge in [0.15, 0.2) is 5.69 Å². The lowest BCUT2D eigenvalue weighted by atomic mass is 10.3. The molecule has 9 nitrogen and oxygen atoms in total. The number of rotatable bonds is 4. The Labute approximate surface area is 151 Å². The SMILES string of the molecule is Nc1cncc2cc(CNC(=O)Cn3cnc4c(c3=O)NCCO4)sc12. The van der Waals surface area contributed by atoms with Gasteiger partial charge in [-0.1, -0.05) is 0 Å². The number of hydrogen-bond donors (Lipinski definition) is 3. The molecule has 4 rings (SSSR count). The van der Waals surface area contributed by atoms with Gasteiger partial charge in [-0.3, -0.25) is 19.1 Å². The number of carbonyl (C=O) groups is 1. The molecule has 134 valence electrons. The number of hydrogen-bond acceptors (Lipinski definition) is 8. The minimum Gasteiger partial charge on any atom is -0.474 e. The van der Waals surface area contributed by atoms with Crippen LogP contribution in [0.15, 0.2) is 29.6 Å². The maximum absolute atomic E-state index is 12.4. The van der Waals surface area contributed by atoms with Gasteiger partial charge in [-0.2, -0.15) is 0 Å². The number of nitrogens with one attached hydrogen (secondary N) is 2. The third-order valence-corrected chi connectivity index (χ3v) is 5.12. The second-order valence-corrected chi connectivity index (χ2v) is 6.91. The maximum Gasteiger partial charge on any atom is 0.281 e. The van der Waals surface area contributed by atoms with E-state index in [2.05, 4.69) is 20.6 Å². The van der Waals surface area contributed by atoms with E-state index in [1.165, 1.54) is 22.2 Å². The summed E-state index contributed by atoms with van der Waals surface area (Å²) in [6.45, 7) is 1.23. The van der Waals surface area contributed by atoms with E-state index in [-0.39, 0.29) is 23.9 Å². The molecule has 0 spiro atoms. The molecule has 0 atom stereocenters. The number of nitrogens with two attached hydrogens (primary N) is 1. The Morgan fingerprint density at radius 1 is 1.46 bits per heavy atom. The Kier molecular flexibility index (Phi) is 4.17. The van der Waals surface area contributed by atoms with Crippen LogP contribution in [0, 0.1) is 0 Å². The van der Waals surface area contributed by atoms with E-state index in [9.17, 15) is 9.59 Å². The molecular weight excluding hydrogens is 356 g/mol. The van der Waals surface area contributed by atoms with Crippen LogP contribution in [0.4, 0.5) is 11.4 Å². The minimum atomic E-state index is -0.328. The first-order valence-corrected chi connectivity index (χ1v) is 8.78. The summed E-state index contributed by atoms with van der Waals surface area (Å²) in [6.07, 6.45) is 4.66. The van der Waals surface area contributed by atoms with Gasteiger partial charge < -0.3 is 21.1 Å². The highest BCUT2D eigenvalue weighted by Gasteiger charge is 2.17. The van der Waals surface area contributed by atoms with Crippen molar-refractivity contribution in [3.05, 3.63) is 40.0 Å². The molecule has 4 heterocycles. The Hall–Kier alpha value is -3.14. The van der Waals surface area contributed by atoms with Gasteiger partial charge in [0.25, 0.3) is 5.56 Å². The molecule has 0 radical (unpaired) electrons. The normalized spacial score (nSPS) is 12.9. The Balaban J connectivity index is 1.44. The van der Waals surface area contributed by atoms with E-state index in [1.54, 1.807) is 12.4 Å². The number of ether oxygens (including phenoxy) is 1. The van der Waals surface area contributed by atoms with Crippen LogP contribution in [0.25, 0.3) is 10.1 Å². The number of anilines is 2. The summed E-state index contributed by atoms with van der Waals surface area (Å²) < 4.78 is 7.51. The molecular formula is C16H16N6O3S. The van der Waals surface area contributed by atoms with Gasteiger partial charge in [-0.05, 0) is 6.07 Å². The van der Waals surface area contributed by atoms with Crippen molar-refractivity contribution in [2.75, 3.05) is 24.2 Å². The Bertz CT molecular complexity index is 1040. The van der Waals surface area contributed by atoms with Gasteiger partial charge in [0.1, 0.15) is 19.5 Å². The maximum atomic E-state index is 12.4. The first kappa shape index (κ1) is 16.3. The first-order valence-electron chi connectivity index (χ1n) is 7.96. The fourth-order valence-corrected chi connectivity index (χ4v) is 3.68. The van der Waals surface area contributed by atoms with Gasteiger partial charge in [0.2, 0.25) is 11.8 Å². The minimum absolute atomic E-state index is 0.116. The van der Waals surface area contributed by atoms with E-state index >= 15 is 0 Å². The molecule has 3 aromatic rings. The van der Waals surface area contributed by atoms with Gasteiger partial charge >= 0.3 is 0 Å². The average Bonchev–Trinajstić information content (AvgIpc) is 3.07. The van der Waals surface area contributed by atoms with E-state index in [0.29, 0.717) is 31.1 Å². The fourth-order valence-electron chi connectivity index (χ4n) is 2.69. The number of carbonyl (C=O) groups excluding carboxylic acids is 1. The molecule has 10 heteroatoms. The van der Waals surface area contributed by atoms with E-state index in [4.69, 9.17) is 10.5 Å².